The van der Waals surface area contributed by atoms with Crippen LogP contribution in [0.3, 0.4) is 0 Å². The number of piperidine rings is 1. The molecule has 1 saturated carbocycles. The summed E-state index contributed by atoms with van der Waals surface area (Å²) >= 11 is 0. The smallest absolute Gasteiger partial charge is 0.329 e. The van der Waals surface area contributed by atoms with E-state index in [4.69, 9.17) is 23.7 Å². The van der Waals surface area contributed by atoms with Gasteiger partial charge in [0.25, 0.3) is 11.7 Å². The number of carbonyl (C=O) groups excluding carboxylic acids is 4. The molecule has 2 saturated heterocycles. The van der Waals surface area contributed by atoms with Crippen molar-refractivity contribution >= 4 is 23.4 Å². The van der Waals surface area contributed by atoms with E-state index in [1.54, 1.807) is 46.6 Å². The van der Waals surface area contributed by atoms with Crippen LogP contribution in [0, 0.1) is 35.5 Å². The molecule has 5 rings (SSSR count). The standard InChI is InChI=1S/C55H86N4O13/c1-34-16-11-10-12-17-35(2)46(70-25-15-23-58-32-56-57-33-58)30-42-21-19-40(7)55(67,72-42)52(64)53(65)59-24-14-13-18-43(59)54(66)71-47(37(4)28-41-20-22-44(60)48(29-41)68-8)31-45(61)36(3)27-39(6)50(63)51(69-9)49(62)38(5)26-34/h10-12,16-17,27,32-34,36-38,40-48,50-51,60-61,63,67H,13-15,18-26,28-31H2,1-9H3/b12-10+,16-11+,35-17+,39-27+/t34-,36-,37-,38-,40-,41+,42+,43+,44-,45?,46+,47+,48-,50-,51+,55-/m1/s1. The number of esters is 1. The Morgan fingerprint density at radius 3 is 2.29 bits per heavy atom. The van der Waals surface area contributed by atoms with Gasteiger partial charge >= 0.3 is 5.97 Å². The van der Waals surface area contributed by atoms with Crippen LogP contribution in [0.2, 0.25) is 0 Å². The van der Waals surface area contributed by atoms with Crippen molar-refractivity contribution in [2.75, 3.05) is 27.4 Å². The number of allylic oxidation sites excluding steroid dienone is 5. The van der Waals surface area contributed by atoms with Crippen LogP contribution in [-0.2, 0) is 49.4 Å². The van der Waals surface area contributed by atoms with Crippen LogP contribution in [0.1, 0.15) is 132 Å². The minimum absolute atomic E-state index is 0.00781. The van der Waals surface area contributed by atoms with E-state index in [-0.39, 0.29) is 49.0 Å². The van der Waals surface area contributed by atoms with Gasteiger partial charge in [-0.2, -0.15) is 0 Å². The topological polar surface area (TPSA) is 229 Å². The fraction of sp³-hybridized carbons (Fsp3) is 0.745. The highest BCUT2D eigenvalue weighted by Crippen LogP contribution is 2.38. The monoisotopic (exact) mass is 1010 g/mol. The fourth-order valence-electron chi connectivity index (χ4n) is 11.0. The normalized spacial score (nSPS) is 38.7. The molecule has 17 heteroatoms. The zero-order valence-corrected chi connectivity index (χ0v) is 44.3. The number of amides is 1. The molecule has 2 bridgehead atoms. The van der Waals surface area contributed by atoms with E-state index in [9.17, 15) is 39.6 Å². The molecule has 4 N–H and O–H groups in total. The molecular formula is C55H86N4O13. The maximum atomic E-state index is 14.5. The zero-order valence-electron chi connectivity index (χ0n) is 44.3. The number of Topliss-reactive ketones (excluding diaryl/α,β-unsaturated/α-hetero) is 2. The summed E-state index contributed by atoms with van der Waals surface area (Å²) in [5.41, 5.74) is 1.32. The molecule has 3 aliphatic heterocycles. The Bertz CT molecular complexity index is 2020. The van der Waals surface area contributed by atoms with E-state index in [2.05, 4.69) is 10.2 Å². The lowest BCUT2D eigenvalue weighted by molar-refractivity contribution is -0.266. The van der Waals surface area contributed by atoms with Gasteiger partial charge in [0.15, 0.2) is 5.78 Å². The molecule has 0 aromatic carbocycles. The zero-order chi connectivity index (χ0) is 52.7. The van der Waals surface area contributed by atoms with Crippen LogP contribution >= 0.6 is 0 Å². The summed E-state index contributed by atoms with van der Waals surface area (Å²) < 4.78 is 32.2. The Hall–Kier alpha value is -3.94. The first-order chi connectivity index (χ1) is 34.3. The third kappa shape index (κ3) is 16.0. The molecule has 72 heavy (non-hydrogen) atoms. The largest absolute Gasteiger partial charge is 0.460 e. The van der Waals surface area contributed by atoms with Crippen LogP contribution in [0.5, 0.6) is 0 Å². The van der Waals surface area contributed by atoms with Crippen molar-refractivity contribution in [1.29, 1.82) is 0 Å². The SMILES string of the molecule is CO[C@@H]1C[C@H](C[C@@H](C)[C@@H]2CC(O)[C@H](C)/C=C(\C)[C@@H](O)[C@@H](OC)C(=O)[C@H](C)C[C@H](C)/C=C/C=C/C=C(\C)[C@@H](OCCCn3cnnc3)C[C@@H]3CC[C@@H](C)[C@@](O)(O3)C(=O)C(=O)N3CCCC[C@H]3C(=O)O2)CC[C@H]1O. The van der Waals surface area contributed by atoms with Gasteiger partial charge in [0.1, 0.15) is 37.0 Å². The molecular weight excluding hydrogens is 925 g/mol. The van der Waals surface area contributed by atoms with Crippen LogP contribution < -0.4 is 0 Å². The van der Waals surface area contributed by atoms with Gasteiger partial charge < -0.3 is 53.6 Å². The average Bonchev–Trinajstić information content (AvgIpc) is 3.89. The predicted molar refractivity (Wildman–Crippen MR) is 270 cm³/mol. The maximum absolute atomic E-state index is 14.5. The van der Waals surface area contributed by atoms with Crippen LogP contribution in [0.4, 0.5) is 0 Å². The molecule has 1 amide bonds. The first kappa shape index (κ1) is 58.9. The van der Waals surface area contributed by atoms with Gasteiger partial charge in [0.2, 0.25) is 5.79 Å². The number of fused-ring (bicyclic) bond motifs is 3. The van der Waals surface area contributed by atoms with Crippen molar-refractivity contribution in [2.45, 2.75) is 199 Å². The van der Waals surface area contributed by atoms with Gasteiger partial charge in [-0.25, -0.2) is 4.79 Å². The molecule has 1 unspecified atom stereocenters. The van der Waals surface area contributed by atoms with Gasteiger partial charge in [-0.1, -0.05) is 71.1 Å². The molecule has 16 atom stereocenters. The maximum Gasteiger partial charge on any atom is 0.329 e. The Morgan fingerprint density at radius 1 is 0.847 bits per heavy atom. The molecule has 0 radical (unpaired) electrons. The first-order valence-electron chi connectivity index (χ1n) is 26.5. The Balaban J connectivity index is 1.47. The van der Waals surface area contributed by atoms with E-state index in [1.165, 1.54) is 12.0 Å². The summed E-state index contributed by atoms with van der Waals surface area (Å²) in [4.78, 5) is 58.5. The molecule has 4 heterocycles. The summed E-state index contributed by atoms with van der Waals surface area (Å²) in [6, 6.07) is -1.13. The summed E-state index contributed by atoms with van der Waals surface area (Å²) in [5, 5.41) is 53.8. The number of nitrogens with zero attached hydrogens (tertiary/aromatic N) is 4. The van der Waals surface area contributed by atoms with Gasteiger partial charge in [0, 0.05) is 64.5 Å². The summed E-state index contributed by atoms with van der Waals surface area (Å²) in [5.74, 6) is -7.45. The van der Waals surface area contributed by atoms with Crippen molar-refractivity contribution in [2.24, 2.45) is 35.5 Å². The molecule has 3 fully saturated rings. The number of hydrogen-bond donors (Lipinski definition) is 4. The van der Waals surface area contributed by atoms with Crippen molar-refractivity contribution in [3.63, 3.8) is 0 Å². The van der Waals surface area contributed by atoms with Crippen molar-refractivity contribution in [3.05, 3.63) is 60.3 Å². The van der Waals surface area contributed by atoms with Crippen LogP contribution in [-0.4, -0.2) is 152 Å². The van der Waals surface area contributed by atoms with E-state index in [1.807, 2.05) is 62.6 Å². The second kappa shape index (κ2) is 28.1. The number of hydrogen-bond acceptors (Lipinski definition) is 15. The highest BCUT2D eigenvalue weighted by atomic mass is 16.6. The molecule has 0 spiro atoms. The number of aliphatic hydroxyl groups excluding tert-OH is 3. The summed E-state index contributed by atoms with van der Waals surface area (Å²) in [7, 11) is 2.97. The number of aliphatic hydroxyl groups is 4. The van der Waals surface area contributed by atoms with Gasteiger partial charge in [-0.05, 0) is 113 Å². The summed E-state index contributed by atoms with van der Waals surface area (Å²) in [6.07, 6.45) is 14.5. The number of aryl methyl sites for hydroxylation is 1. The third-order valence-electron chi connectivity index (χ3n) is 15.7. The lowest BCUT2D eigenvalue weighted by atomic mass is 9.78. The fourth-order valence-corrected chi connectivity index (χ4v) is 11.0. The van der Waals surface area contributed by atoms with Crippen LogP contribution in [0.15, 0.2) is 60.3 Å². The molecule has 4 aliphatic rings. The number of aromatic nitrogens is 3. The molecule has 1 aromatic heterocycles. The third-order valence-corrected chi connectivity index (χ3v) is 15.7. The second-order valence-electron chi connectivity index (χ2n) is 21.5. The minimum atomic E-state index is -2.46. The second-order valence-corrected chi connectivity index (χ2v) is 21.5. The van der Waals surface area contributed by atoms with Crippen LogP contribution in [0.25, 0.3) is 0 Å². The average molecular weight is 1010 g/mol. The van der Waals surface area contributed by atoms with Crippen molar-refractivity contribution in [1.82, 2.24) is 19.7 Å². The Labute approximate surface area is 427 Å². The first-order valence-corrected chi connectivity index (χ1v) is 26.5. The Kier molecular flexibility index (Phi) is 23.0. The predicted octanol–water partition coefficient (Wildman–Crippen LogP) is 6.02. The minimum Gasteiger partial charge on any atom is -0.460 e. The number of methoxy groups -OCH3 is 2. The molecule has 1 aromatic rings. The Morgan fingerprint density at radius 2 is 1.58 bits per heavy atom. The lowest BCUT2D eigenvalue weighted by Crippen LogP contribution is -2.61. The number of carbonyl (C=O) groups is 4. The van der Waals surface area contributed by atoms with E-state index in [0.717, 1.165) is 12.0 Å². The number of cyclic esters (lactones) is 1. The quantitative estimate of drug-likeness (QED) is 0.0909. The van der Waals surface area contributed by atoms with E-state index in [0.29, 0.717) is 82.9 Å². The van der Waals surface area contributed by atoms with Gasteiger partial charge in [-0.15, -0.1) is 10.2 Å². The lowest BCUT2D eigenvalue weighted by Gasteiger charge is -2.43. The molecule has 404 valence electrons. The number of rotatable bonds is 10. The molecule has 17 nitrogen and oxygen atoms in total. The number of ketones is 2. The van der Waals surface area contributed by atoms with E-state index < -0.39 is 90.0 Å². The highest BCUT2D eigenvalue weighted by molar-refractivity contribution is 6.39. The summed E-state index contributed by atoms with van der Waals surface area (Å²) in [6.45, 7) is 14.0. The van der Waals surface area contributed by atoms with Gasteiger partial charge in [0.05, 0.1) is 30.5 Å². The number of ether oxygens (including phenoxy) is 5. The van der Waals surface area contributed by atoms with Crippen molar-refractivity contribution in [3.8, 4) is 0 Å². The van der Waals surface area contributed by atoms with E-state index >= 15 is 0 Å². The highest BCUT2D eigenvalue weighted by Gasteiger charge is 2.53. The van der Waals surface area contributed by atoms with Gasteiger partial charge in [-0.3, -0.25) is 14.4 Å². The van der Waals surface area contributed by atoms with Crippen molar-refractivity contribution < 1.29 is 63.3 Å². The molecule has 1 aliphatic carbocycles.